The molecule has 0 spiro atoms. The molecule has 0 bridgehead atoms. The van der Waals surface area contributed by atoms with Crippen LogP contribution < -0.4 is 9.47 Å². The number of carbonyl (C=O) groups is 2. The quantitative estimate of drug-likeness (QED) is 0.759. The third-order valence-electron chi connectivity index (χ3n) is 4.07. The molecule has 1 aromatic rings. The zero-order valence-corrected chi connectivity index (χ0v) is 15.8. The van der Waals surface area contributed by atoms with Crippen molar-refractivity contribution in [2.45, 2.75) is 39.5 Å². The van der Waals surface area contributed by atoms with E-state index in [4.69, 9.17) is 21.1 Å². The SMILES string of the molecule is COc1c(OC(=O)N2CCC2)c(C#N)c(Cl)c(C(C)(C)C)c1C(C)=O. The van der Waals surface area contributed by atoms with Crippen LogP contribution >= 0.6 is 11.6 Å². The van der Waals surface area contributed by atoms with Gasteiger partial charge in [-0.2, -0.15) is 5.26 Å². The zero-order chi connectivity index (χ0) is 18.9. The van der Waals surface area contributed by atoms with Gasteiger partial charge >= 0.3 is 6.09 Å². The maximum absolute atomic E-state index is 12.3. The van der Waals surface area contributed by atoms with Crippen LogP contribution in [-0.2, 0) is 5.41 Å². The van der Waals surface area contributed by atoms with E-state index in [1.165, 1.54) is 18.9 Å². The Labute approximate surface area is 152 Å². The summed E-state index contributed by atoms with van der Waals surface area (Å²) in [4.78, 5) is 26.0. The number of halogens is 1. The van der Waals surface area contributed by atoms with Gasteiger partial charge in [-0.15, -0.1) is 0 Å². The predicted molar refractivity (Wildman–Crippen MR) is 93.6 cm³/mol. The van der Waals surface area contributed by atoms with Gasteiger partial charge in [-0.25, -0.2) is 4.79 Å². The fourth-order valence-corrected chi connectivity index (χ4v) is 3.26. The molecular formula is C18H21ClN2O4. The molecule has 1 heterocycles. The van der Waals surface area contributed by atoms with E-state index in [1.807, 2.05) is 26.8 Å². The molecule has 0 radical (unpaired) electrons. The van der Waals surface area contributed by atoms with E-state index in [1.54, 1.807) is 0 Å². The van der Waals surface area contributed by atoms with E-state index >= 15 is 0 Å². The Hall–Kier alpha value is -2.26. The zero-order valence-electron chi connectivity index (χ0n) is 15.0. The highest BCUT2D eigenvalue weighted by Gasteiger charge is 2.34. The first kappa shape index (κ1) is 19.1. The fourth-order valence-electron chi connectivity index (χ4n) is 2.76. The number of ketones is 1. The summed E-state index contributed by atoms with van der Waals surface area (Å²) < 4.78 is 10.8. The van der Waals surface area contributed by atoms with E-state index < -0.39 is 11.5 Å². The van der Waals surface area contributed by atoms with Crippen molar-refractivity contribution in [2.24, 2.45) is 0 Å². The summed E-state index contributed by atoms with van der Waals surface area (Å²) in [5, 5.41) is 9.69. The van der Waals surface area contributed by atoms with E-state index in [-0.39, 0.29) is 33.4 Å². The minimum absolute atomic E-state index is 0.0117. The molecule has 7 heteroatoms. The van der Waals surface area contributed by atoms with Gasteiger partial charge in [-0.3, -0.25) is 4.79 Å². The molecule has 0 aromatic heterocycles. The van der Waals surface area contributed by atoms with Gasteiger partial charge in [0.05, 0.1) is 17.7 Å². The fraction of sp³-hybridized carbons (Fsp3) is 0.500. The summed E-state index contributed by atoms with van der Waals surface area (Å²) in [5.41, 5.74) is 0.198. The van der Waals surface area contributed by atoms with Crippen molar-refractivity contribution in [3.05, 3.63) is 21.7 Å². The minimum Gasteiger partial charge on any atom is -0.492 e. The molecule has 1 aliphatic rings. The molecule has 0 saturated carbocycles. The van der Waals surface area contributed by atoms with Crippen LogP contribution in [0, 0.1) is 11.3 Å². The third kappa shape index (κ3) is 3.42. The number of benzene rings is 1. The number of nitriles is 1. The number of likely N-dealkylation sites (tertiary alicyclic amines) is 1. The Morgan fingerprint density at radius 1 is 1.24 bits per heavy atom. The van der Waals surface area contributed by atoms with Crippen molar-refractivity contribution < 1.29 is 19.1 Å². The van der Waals surface area contributed by atoms with Crippen LogP contribution in [0.5, 0.6) is 11.5 Å². The van der Waals surface area contributed by atoms with Crippen LogP contribution in [0.15, 0.2) is 0 Å². The van der Waals surface area contributed by atoms with E-state index in [2.05, 4.69) is 0 Å². The molecule has 25 heavy (non-hydrogen) atoms. The molecule has 0 aliphatic carbocycles. The van der Waals surface area contributed by atoms with Gasteiger partial charge in [0.15, 0.2) is 17.3 Å². The number of methoxy groups -OCH3 is 1. The van der Waals surface area contributed by atoms with Gasteiger partial charge in [0.1, 0.15) is 11.6 Å². The normalized spacial score (nSPS) is 13.7. The summed E-state index contributed by atoms with van der Waals surface area (Å²) in [6.07, 6.45) is 0.315. The Bertz CT molecular complexity index is 771. The molecule has 2 rings (SSSR count). The van der Waals surface area contributed by atoms with Crippen LogP contribution in [-0.4, -0.2) is 37.0 Å². The van der Waals surface area contributed by atoms with E-state index in [9.17, 15) is 14.9 Å². The molecule has 1 aromatic carbocycles. The average molecular weight is 365 g/mol. The number of nitrogens with zero attached hydrogens (tertiary/aromatic N) is 2. The first-order valence-corrected chi connectivity index (χ1v) is 8.33. The van der Waals surface area contributed by atoms with E-state index in [0.29, 0.717) is 18.7 Å². The third-order valence-corrected chi connectivity index (χ3v) is 4.45. The minimum atomic E-state index is -0.588. The lowest BCUT2D eigenvalue weighted by molar-refractivity contribution is 0.100. The summed E-state index contributed by atoms with van der Waals surface area (Å²) in [5.74, 6) is -0.327. The lowest BCUT2D eigenvalue weighted by Crippen LogP contribution is -2.43. The molecular weight excluding hydrogens is 344 g/mol. The van der Waals surface area contributed by atoms with Gasteiger partial charge in [0, 0.05) is 13.1 Å². The highest BCUT2D eigenvalue weighted by molar-refractivity contribution is 6.33. The van der Waals surface area contributed by atoms with Crippen molar-refractivity contribution in [1.82, 2.24) is 4.90 Å². The van der Waals surface area contributed by atoms with Gasteiger partial charge in [-0.05, 0) is 24.3 Å². The topological polar surface area (TPSA) is 79.6 Å². The van der Waals surface area contributed by atoms with E-state index in [0.717, 1.165) is 6.42 Å². The molecule has 1 saturated heterocycles. The van der Waals surface area contributed by atoms with Crippen LogP contribution in [0.4, 0.5) is 4.79 Å². The van der Waals surface area contributed by atoms with Crippen LogP contribution in [0.3, 0.4) is 0 Å². The number of carbonyl (C=O) groups excluding carboxylic acids is 2. The summed E-state index contributed by atoms with van der Waals surface area (Å²) in [6.45, 7) is 8.22. The largest absolute Gasteiger partial charge is 0.492 e. The number of ether oxygens (including phenoxy) is 2. The molecule has 1 aliphatic heterocycles. The number of hydrogen-bond acceptors (Lipinski definition) is 5. The number of rotatable bonds is 3. The van der Waals surface area contributed by atoms with Gasteiger partial charge in [0.25, 0.3) is 0 Å². The maximum Gasteiger partial charge on any atom is 0.415 e. The Balaban J connectivity index is 2.76. The van der Waals surface area contributed by atoms with Crippen LogP contribution in [0.1, 0.15) is 55.6 Å². The standard InChI is InChI=1S/C18H21ClN2O4/c1-10(22)12-13(18(2,3)4)14(19)11(9-20)15(16(12)24-5)25-17(23)21-7-6-8-21/h6-8H2,1-5H3. The molecule has 0 unspecified atom stereocenters. The van der Waals surface area contributed by atoms with Crippen molar-refractivity contribution in [3.63, 3.8) is 0 Å². The Kier molecular flexibility index (Phi) is 5.28. The average Bonchev–Trinajstić information content (AvgIpc) is 2.43. The first-order valence-electron chi connectivity index (χ1n) is 7.95. The second-order valence-electron chi connectivity index (χ2n) is 6.93. The van der Waals surface area contributed by atoms with Gasteiger partial charge in [-0.1, -0.05) is 32.4 Å². The summed E-state index contributed by atoms with van der Waals surface area (Å²) in [6, 6.07) is 1.98. The molecule has 1 amide bonds. The lowest BCUT2D eigenvalue weighted by atomic mass is 9.81. The number of hydrogen-bond donors (Lipinski definition) is 0. The molecule has 0 N–H and O–H groups in total. The lowest BCUT2D eigenvalue weighted by Gasteiger charge is -2.31. The monoisotopic (exact) mass is 364 g/mol. The predicted octanol–water partition coefficient (Wildman–Crippen LogP) is 3.92. The smallest absolute Gasteiger partial charge is 0.415 e. The maximum atomic E-state index is 12.3. The van der Waals surface area contributed by atoms with Crippen molar-refractivity contribution in [1.29, 1.82) is 5.26 Å². The molecule has 134 valence electrons. The number of Topliss-reactive ketones (excluding diaryl/α,β-unsaturated/α-hetero) is 1. The van der Waals surface area contributed by atoms with Crippen molar-refractivity contribution in [3.8, 4) is 17.6 Å². The second kappa shape index (κ2) is 6.93. The van der Waals surface area contributed by atoms with Crippen molar-refractivity contribution in [2.75, 3.05) is 20.2 Å². The Morgan fingerprint density at radius 3 is 2.20 bits per heavy atom. The van der Waals surface area contributed by atoms with Crippen molar-refractivity contribution >= 4 is 23.5 Å². The highest BCUT2D eigenvalue weighted by atomic mass is 35.5. The highest BCUT2D eigenvalue weighted by Crippen LogP contribution is 2.47. The summed E-state index contributed by atoms with van der Waals surface area (Å²) >= 11 is 6.45. The number of amides is 1. The van der Waals surface area contributed by atoms with Gasteiger partial charge in [0.2, 0.25) is 0 Å². The molecule has 6 nitrogen and oxygen atoms in total. The second-order valence-corrected chi connectivity index (χ2v) is 7.31. The molecule has 0 atom stereocenters. The Morgan fingerprint density at radius 2 is 1.84 bits per heavy atom. The van der Waals surface area contributed by atoms with Crippen LogP contribution in [0.2, 0.25) is 5.02 Å². The van der Waals surface area contributed by atoms with Gasteiger partial charge < -0.3 is 14.4 Å². The first-order chi connectivity index (χ1) is 11.6. The summed E-state index contributed by atoms with van der Waals surface area (Å²) in [7, 11) is 1.37. The van der Waals surface area contributed by atoms with Crippen LogP contribution in [0.25, 0.3) is 0 Å². The molecule has 1 fully saturated rings.